The van der Waals surface area contributed by atoms with Crippen molar-refractivity contribution >= 4 is 13.5 Å². The van der Waals surface area contributed by atoms with E-state index in [1.807, 2.05) is 6.07 Å². The third kappa shape index (κ3) is 4.09. The molecule has 0 saturated carbocycles. The molecule has 1 unspecified atom stereocenters. The molecule has 0 radical (unpaired) electrons. The van der Waals surface area contributed by atoms with Crippen molar-refractivity contribution in [2.75, 3.05) is 7.11 Å². The molecule has 2 atom stereocenters. The van der Waals surface area contributed by atoms with Crippen molar-refractivity contribution in [2.24, 2.45) is 0 Å². The molecule has 0 spiro atoms. The molecule has 1 aromatic carbocycles. The van der Waals surface area contributed by atoms with E-state index in [2.05, 4.69) is 9.82 Å². The molecule has 112 valence electrons. The van der Waals surface area contributed by atoms with Gasteiger partial charge in [-0.3, -0.25) is 9.36 Å². The lowest BCUT2D eigenvalue weighted by atomic mass is 10.3. The molecule has 1 aromatic rings. The second kappa shape index (κ2) is 6.42. The summed E-state index contributed by atoms with van der Waals surface area (Å²) in [5.74, 6) is 0.0152. The Morgan fingerprint density at radius 1 is 1.25 bits per heavy atom. The van der Waals surface area contributed by atoms with E-state index in [1.165, 1.54) is 7.11 Å². The predicted octanol–water partition coefficient (Wildman–Crippen LogP) is 3.21. The summed E-state index contributed by atoms with van der Waals surface area (Å²) in [4.78, 5) is 11.5. The van der Waals surface area contributed by atoms with Gasteiger partial charge in [0, 0.05) is 0 Å². The Morgan fingerprint density at radius 3 is 2.25 bits per heavy atom. The molecular formula is C14H22NO4P. The minimum atomic E-state index is -3.30. The SMILES string of the molecule is COC(=O)[C@@H](C)NP(=O)(Oc1ccccc1)C(C)(C)C. The lowest BCUT2D eigenvalue weighted by Gasteiger charge is -2.32. The molecular weight excluding hydrogens is 277 g/mol. The van der Waals surface area contributed by atoms with E-state index in [1.54, 1.807) is 52.0 Å². The molecule has 0 saturated heterocycles. The van der Waals surface area contributed by atoms with E-state index in [0.29, 0.717) is 5.75 Å². The topological polar surface area (TPSA) is 64.6 Å². The number of benzene rings is 1. The highest BCUT2D eigenvalue weighted by atomic mass is 31.2. The molecule has 20 heavy (non-hydrogen) atoms. The summed E-state index contributed by atoms with van der Waals surface area (Å²) in [5.41, 5.74) is 0. The first-order valence-electron chi connectivity index (χ1n) is 6.40. The Hall–Kier alpha value is -1.32. The van der Waals surface area contributed by atoms with E-state index in [4.69, 9.17) is 4.52 Å². The van der Waals surface area contributed by atoms with Gasteiger partial charge in [-0.25, -0.2) is 5.09 Å². The fraction of sp³-hybridized carbons (Fsp3) is 0.500. The number of rotatable bonds is 5. The van der Waals surface area contributed by atoms with Crippen LogP contribution in [0.2, 0.25) is 0 Å². The smallest absolute Gasteiger partial charge is 0.323 e. The van der Waals surface area contributed by atoms with Gasteiger partial charge in [0.1, 0.15) is 11.8 Å². The van der Waals surface area contributed by atoms with Crippen LogP contribution >= 0.6 is 7.52 Å². The highest BCUT2D eigenvalue weighted by Crippen LogP contribution is 2.55. The largest absolute Gasteiger partial charge is 0.468 e. The van der Waals surface area contributed by atoms with Crippen molar-refractivity contribution in [1.29, 1.82) is 0 Å². The first-order valence-corrected chi connectivity index (χ1v) is 8.02. The first kappa shape index (κ1) is 16.7. The Labute approximate surface area is 120 Å². The Morgan fingerprint density at radius 2 is 1.80 bits per heavy atom. The molecule has 0 aliphatic heterocycles. The van der Waals surface area contributed by atoms with Gasteiger partial charge >= 0.3 is 13.5 Å². The van der Waals surface area contributed by atoms with Gasteiger partial charge < -0.3 is 9.26 Å². The summed E-state index contributed by atoms with van der Waals surface area (Å²) < 4.78 is 23.4. The van der Waals surface area contributed by atoms with E-state index in [0.717, 1.165) is 0 Å². The Kier molecular flexibility index (Phi) is 5.37. The van der Waals surface area contributed by atoms with Crippen LogP contribution in [0.3, 0.4) is 0 Å². The van der Waals surface area contributed by atoms with Crippen molar-refractivity contribution in [2.45, 2.75) is 38.9 Å². The molecule has 0 amide bonds. The van der Waals surface area contributed by atoms with E-state index < -0.39 is 24.7 Å². The lowest BCUT2D eigenvalue weighted by Crippen LogP contribution is -2.39. The zero-order valence-electron chi connectivity index (χ0n) is 12.5. The highest BCUT2D eigenvalue weighted by Gasteiger charge is 2.41. The highest BCUT2D eigenvalue weighted by molar-refractivity contribution is 7.59. The molecule has 0 aromatic heterocycles. The van der Waals surface area contributed by atoms with Gasteiger partial charge in [-0.05, 0) is 39.8 Å². The molecule has 0 aliphatic carbocycles. The van der Waals surface area contributed by atoms with Crippen LogP contribution < -0.4 is 9.61 Å². The average Bonchev–Trinajstić information content (AvgIpc) is 2.37. The molecule has 6 heteroatoms. The number of carbonyl (C=O) groups excluding carboxylic acids is 1. The van der Waals surface area contributed by atoms with Crippen LogP contribution in [0.1, 0.15) is 27.7 Å². The number of carbonyl (C=O) groups is 1. The van der Waals surface area contributed by atoms with E-state index in [9.17, 15) is 9.36 Å². The van der Waals surface area contributed by atoms with Gasteiger partial charge in [0.05, 0.1) is 12.3 Å². The molecule has 1 rings (SSSR count). The van der Waals surface area contributed by atoms with Gasteiger partial charge in [-0.2, -0.15) is 0 Å². The number of hydrogen-bond acceptors (Lipinski definition) is 4. The summed E-state index contributed by atoms with van der Waals surface area (Å²) in [6.07, 6.45) is 0. The maximum Gasteiger partial charge on any atom is 0.323 e. The lowest BCUT2D eigenvalue weighted by molar-refractivity contribution is -0.142. The van der Waals surface area contributed by atoms with Gasteiger partial charge in [-0.1, -0.05) is 18.2 Å². The van der Waals surface area contributed by atoms with Crippen LogP contribution in [0.4, 0.5) is 0 Å². The van der Waals surface area contributed by atoms with Gasteiger partial charge in [0.2, 0.25) is 0 Å². The minimum Gasteiger partial charge on any atom is -0.468 e. The zero-order chi connectivity index (χ0) is 15.4. The Balaban J connectivity index is 2.99. The van der Waals surface area contributed by atoms with Crippen LogP contribution in [0, 0.1) is 0 Å². The van der Waals surface area contributed by atoms with Crippen LogP contribution in [-0.4, -0.2) is 24.3 Å². The van der Waals surface area contributed by atoms with Crippen LogP contribution in [0.25, 0.3) is 0 Å². The summed E-state index contributed by atoms with van der Waals surface area (Å²) in [6, 6.07) is 8.18. The molecule has 1 N–H and O–H groups in total. The van der Waals surface area contributed by atoms with Gasteiger partial charge in [-0.15, -0.1) is 0 Å². The van der Waals surface area contributed by atoms with Gasteiger partial charge in [0.15, 0.2) is 0 Å². The number of nitrogens with one attached hydrogen (secondary N) is 1. The average molecular weight is 299 g/mol. The first-order chi connectivity index (χ1) is 9.19. The van der Waals surface area contributed by atoms with E-state index in [-0.39, 0.29) is 0 Å². The summed E-state index contributed by atoms with van der Waals surface area (Å²) in [5, 5.41) is 2.13. The molecule has 0 bridgehead atoms. The number of para-hydroxylation sites is 1. The molecule has 0 aliphatic rings. The maximum absolute atomic E-state index is 13.1. The summed E-state index contributed by atoms with van der Waals surface area (Å²) >= 11 is 0. The van der Waals surface area contributed by atoms with Crippen molar-refractivity contribution in [3.8, 4) is 5.75 Å². The second-order valence-electron chi connectivity index (χ2n) is 5.50. The maximum atomic E-state index is 13.1. The summed E-state index contributed by atoms with van der Waals surface area (Å²) in [7, 11) is -2.01. The third-order valence-electron chi connectivity index (χ3n) is 2.78. The van der Waals surface area contributed by atoms with Crippen LogP contribution in [-0.2, 0) is 14.1 Å². The molecule has 5 nitrogen and oxygen atoms in total. The third-order valence-corrected chi connectivity index (χ3v) is 5.74. The summed E-state index contributed by atoms with van der Waals surface area (Å²) in [6.45, 7) is 6.99. The van der Waals surface area contributed by atoms with Gasteiger partial charge in [0.25, 0.3) is 0 Å². The van der Waals surface area contributed by atoms with Crippen molar-refractivity contribution < 1.29 is 18.6 Å². The fourth-order valence-corrected chi connectivity index (χ4v) is 3.22. The normalized spacial score (nSPS) is 16.1. The number of hydrogen-bond donors (Lipinski definition) is 1. The predicted molar refractivity (Wildman–Crippen MR) is 79.0 cm³/mol. The van der Waals surface area contributed by atoms with Crippen molar-refractivity contribution in [1.82, 2.24) is 5.09 Å². The van der Waals surface area contributed by atoms with Crippen LogP contribution in [0.5, 0.6) is 5.75 Å². The van der Waals surface area contributed by atoms with Crippen LogP contribution in [0.15, 0.2) is 30.3 Å². The van der Waals surface area contributed by atoms with E-state index >= 15 is 0 Å². The standard InChI is InChI=1S/C14H22NO4P/c1-11(13(16)18-5)15-20(17,14(2,3)4)19-12-9-7-6-8-10-12/h6-11H,1-5H3,(H,15,17)/t11-,20?/m1/s1. The number of esters is 1. The van der Waals surface area contributed by atoms with Crippen molar-refractivity contribution in [3.05, 3.63) is 30.3 Å². The number of ether oxygens (including phenoxy) is 1. The fourth-order valence-electron chi connectivity index (χ4n) is 1.47. The molecule has 0 fully saturated rings. The van der Waals surface area contributed by atoms with Crippen molar-refractivity contribution in [3.63, 3.8) is 0 Å². The Bertz CT molecular complexity index is 496. The number of methoxy groups -OCH3 is 1. The zero-order valence-corrected chi connectivity index (χ0v) is 13.4. The second-order valence-corrected chi connectivity index (χ2v) is 8.39. The minimum absolute atomic E-state index is 0.480. The monoisotopic (exact) mass is 299 g/mol. The molecule has 0 heterocycles. The quantitative estimate of drug-likeness (QED) is 0.668.